The highest BCUT2D eigenvalue weighted by atomic mass is 35.5. The predicted octanol–water partition coefficient (Wildman–Crippen LogP) is 5.57. The number of aliphatic hydroxyl groups is 2. The number of hydrogen-bond acceptors (Lipinski definition) is 7. The number of nitrogens with one attached hydrogen (secondary N) is 2. The Balaban J connectivity index is 1.70. The second-order valence-corrected chi connectivity index (χ2v) is 9.79. The first-order valence-electron chi connectivity index (χ1n) is 12.9. The minimum atomic E-state index is 0.0565. The summed E-state index contributed by atoms with van der Waals surface area (Å²) in [5.41, 5.74) is 6.61. The van der Waals surface area contributed by atoms with Gasteiger partial charge in [0.1, 0.15) is 5.75 Å². The monoisotopic (exact) mass is 581 g/mol. The van der Waals surface area contributed by atoms with Crippen LogP contribution < -0.4 is 20.1 Å². The van der Waals surface area contributed by atoms with Crippen molar-refractivity contribution in [1.82, 2.24) is 15.6 Å². The summed E-state index contributed by atoms with van der Waals surface area (Å²) in [4.78, 5) is 4.70. The Bertz CT molecular complexity index is 1450. The van der Waals surface area contributed by atoms with Gasteiger partial charge in [0.15, 0.2) is 0 Å². The molecule has 4 aromatic rings. The minimum Gasteiger partial charge on any atom is -0.496 e. The van der Waals surface area contributed by atoms with Crippen LogP contribution in [0.1, 0.15) is 11.1 Å². The molecule has 0 amide bonds. The second kappa shape index (κ2) is 14.5. The van der Waals surface area contributed by atoms with Gasteiger partial charge in [-0.3, -0.25) is 0 Å². The number of hydrogen-bond donors (Lipinski definition) is 4. The Morgan fingerprint density at radius 3 is 1.93 bits per heavy atom. The van der Waals surface area contributed by atoms with Gasteiger partial charge >= 0.3 is 0 Å². The molecule has 0 fully saturated rings. The van der Waals surface area contributed by atoms with E-state index in [-0.39, 0.29) is 13.2 Å². The average Bonchev–Trinajstić information content (AvgIpc) is 2.98. The van der Waals surface area contributed by atoms with E-state index in [1.54, 1.807) is 14.2 Å². The van der Waals surface area contributed by atoms with Crippen molar-refractivity contribution in [1.29, 1.82) is 0 Å². The van der Waals surface area contributed by atoms with Crippen LogP contribution in [0.2, 0.25) is 10.0 Å². The number of pyridine rings is 1. The highest BCUT2D eigenvalue weighted by molar-refractivity contribution is 6.39. The lowest BCUT2D eigenvalue weighted by Gasteiger charge is -2.16. The number of aromatic nitrogens is 1. The SMILES string of the molecule is COc1cc(CNCCO)ccc1-c1cccc(-c2cccc(-c3ccc(CNCCO)c(OC)n3)c2Cl)c1Cl. The third-order valence-electron chi connectivity index (χ3n) is 6.47. The lowest BCUT2D eigenvalue weighted by atomic mass is 9.95. The highest BCUT2D eigenvalue weighted by Crippen LogP contribution is 2.44. The summed E-state index contributed by atoms with van der Waals surface area (Å²) < 4.78 is 11.2. The zero-order chi connectivity index (χ0) is 28.5. The molecule has 0 aliphatic heterocycles. The number of benzene rings is 3. The first kappa shape index (κ1) is 29.8. The molecule has 210 valence electrons. The summed E-state index contributed by atoms with van der Waals surface area (Å²) >= 11 is 14.0. The Labute approximate surface area is 244 Å². The van der Waals surface area contributed by atoms with Gasteiger partial charge in [-0.25, -0.2) is 4.98 Å². The molecule has 0 spiro atoms. The second-order valence-electron chi connectivity index (χ2n) is 9.03. The topological polar surface area (TPSA) is 95.9 Å². The molecular formula is C31H33Cl2N3O4. The van der Waals surface area contributed by atoms with E-state index in [1.165, 1.54) is 0 Å². The van der Waals surface area contributed by atoms with Gasteiger partial charge in [-0.2, -0.15) is 0 Å². The molecule has 7 nitrogen and oxygen atoms in total. The van der Waals surface area contributed by atoms with Crippen molar-refractivity contribution < 1.29 is 19.7 Å². The summed E-state index contributed by atoms with van der Waals surface area (Å²) in [6, 6.07) is 21.5. The van der Waals surface area contributed by atoms with Crippen molar-refractivity contribution in [3.63, 3.8) is 0 Å². The summed E-state index contributed by atoms with van der Waals surface area (Å²) in [5, 5.41) is 25.5. The van der Waals surface area contributed by atoms with Gasteiger partial charge in [0, 0.05) is 59.6 Å². The van der Waals surface area contributed by atoms with E-state index in [9.17, 15) is 0 Å². The molecule has 0 saturated heterocycles. The fraction of sp³-hybridized carbons (Fsp3) is 0.258. The number of ether oxygens (including phenoxy) is 2. The van der Waals surface area contributed by atoms with E-state index in [0.29, 0.717) is 53.5 Å². The molecule has 4 rings (SSSR count). The van der Waals surface area contributed by atoms with Crippen LogP contribution in [0.25, 0.3) is 33.5 Å². The molecule has 0 radical (unpaired) electrons. The molecule has 4 N–H and O–H groups in total. The molecule has 0 unspecified atom stereocenters. The van der Waals surface area contributed by atoms with Crippen LogP contribution in [0.15, 0.2) is 66.7 Å². The van der Waals surface area contributed by atoms with Crippen molar-refractivity contribution in [3.05, 3.63) is 87.9 Å². The summed E-state index contributed by atoms with van der Waals surface area (Å²) in [5.74, 6) is 1.19. The maximum Gasteiger partial charge on any atom is 0.218 e. The van der Waals surface area contributed by atoms with Crippen LogP contribution in [0.4, 0.5) is 0 Å². The molecule has 0 aliphatic carbocycles. The smallest absolute Gasteiger partial charge is 0.218 e. The lowest BCUT2D eigenvalue weighted by Crippen LogP contribution is -2.18. The van der Waals surface area contributed by atoms with Crippen molar-refractivity contribution in [3.8, 4) is 45.1 Å². The maximum atomic E-state index is 9.04. The van der Waals surface area contributed by atoms with E-state index < -0.39 is 0 Å². The molecule has 40 heavy (non-hydrogen) atoms. The molecule has 0 saturated carbocycles. The van der Waals surface area contributed by atoms with Gasteiger partial charge in [0.05, 0.1) is 43.2 Å². The van der Waals surface area contributed by atoms with E-state index >= 15 is 0 Å². The van der Waals surface area contributed by atoms with Crippen LogP contribution in [-0.2, 0) is 13.1 Å². The van der Waals surface area contributed by atoms with Crippen molar-refractivity contribution >= 4 is 23.2 Å². The Hall–Kier alpha value is -3.17. The molecule has 1 aromatic heterocycles. The van der Waals surface area contributed by atoms with Gasteiger partial charge in [-0.15, -0.1) is 0 Å². The van der Waals surface area contributed by atoms with Crippen LogP contribution in [0.5, 0.6) is 11.6 Å². The van der Waals surface area contributed by atoms with Crippen LogP contribution in [0.3, 0.4) is 0 Å². The summed E-state index contributed by atoms with van der Waals surface area (Å²) in [7, 11) is 3.22. The van der Waals surface area contributed by atoms with E-state index in [1.807, 2.05) is 66.7 Å². The van der Waals surface area contributed by atoms with E-state index in [4.69, 9.17) is 47.9 Å². The number of rotatable bonds is 13. The molecule has 0 atom stereocenters. The fourth-order valence-electron chi connectivity index (χ4n) is 4.50. The van der Waals surface area contributed by atoms with Crippen molar-refractivity contribution in [2.24, 2.45) is 0 Å². The molecule has 3 aromatic carbocycles. The predicted molar refractivity (Wildman–Crippen MR) is 161 cm³/mol. The lowest BCUT2D eigenvalue weighted by molar-refractivity contribution is 0.291. The molecule has 1 heterocycles. The zero-order valence-corrected chi connectivity index (χ0v) is 24.0. The molecule has 0 aliphatic rings. The Morgan fingerprint density at radius 1 is 0.700 bits per heavy atom. The van der Waals surface area contributed by atoms with Crippen molar-refractivity contribution in [2.75, 3.05) is 40.5 Å². The molecule has 0 bridgehead atoms. The summed E-state index contributed by atoms with van der Waals surface area (Å²) in [6.45, 7) is 2.28. The highest BCUT2D eigenvalue weighted by Gasteiger charge is 2.18. The van der Waals surface area contributed by atoms with Crippen LogP contribution >= 0.6 is 23.2 Å². The number of halogens is 2. The van der Waals surface area contributed by atoms with Gasteiger partial charge in [-0.1, -0.05) is 77.8 Å². The third kappa shape index (κ3) is 6.75. The van der Waals surface area contributed by atoms with Crippen molar-refractivity contribution in [2.45, 2.75) is 13.1 Å². The zero-order valence-electron chi connectivity index (χ0n) is 22.5. The number of nitrogens with zero attached hydrogens (tertiary/aromatic N) is 1. The quantitative estimate of drug-likeness (QED) is 0.153. The van der Waals surface area contributed by atoms with Crippen LogP contribution in [0, 0.1) is 0 Å². The minimum absolute atomic E-state index is 0.0565. The average molecular weight is 583 g/mol. The number of methoxy groups -OCH3 is 2. The van der Waals surface area contributed by atoms with Gasteiger partial charge in [-0.05, 0) is 17.7 Å². The van der Waals surface area contributed by atoms with Gasteiger partial charge in [0.25, 0.3) is 0 Å². The Morgan fingerprint density at radius 2 is 1.30 bits per heavy atom. The normalized spacial score (nSPS) is 11.1. The van der Waals surface area contributed by atoms with Gasteiger partial charge in [0.2, 0.25) is 5.88 Å². The standard InChI is InChI=1S/C31H33Cl2N3O4/c1-39-28-17-20(18-34-13-15-37)9-11-22(28)23-5-3-6-24(29(23)32)25-7-4-8-26(30(25)33)27-12-10-21(19-35-14-16-38)31(36-27)40-2/h3-12,17,34-35,37-38H,13-16,18-19H2,1-2H3. The number of aliphatic hydroxyl groups excluding tert-OH is 2. The third-order valence-corrected chi connectivity index (χ3v) is 7.29. The first-order chi connectivity index (χ1) is 19.5. The molecular weight excluding hydrogens is 549 g/mol. The van der Waals surface area contributed by atoms with Gasteiger partial charge < -0.3 is 30.3 Å². The first-order valence-corrected chi connectivity index (χ1v) is 13.7. The maximum absolute atomic E-state index is 9.04. The largest absolute Gasteiger partial charge is 0.496 e. The Kier molecular flexibility index (Phi) is 10.8. The summed E-state index contributed by atoms with van der Waals surface area (Å²) in [6.07, 6.45) is 0. The van der Waals surface area contributed by atoms with E-state index in [0.717, 1.165) is 38.9 Å². The van der Waals surface area contributed by atoms with Crippen LogP contribution in [-0.4, -0.2) is 55.7 Å². The molecule has 9 heteroatoms. The van der Waals surface area contributed by atoms with E-state index in [2.05, 4.69) is 10.6 Å². The fourth-order valence-corrected chi connectivity index (χ4v) is 5.15.